The second-order valence-electron chi connectivity index (χ2n) is 6.64. The third-order valence-corrected chi connectivity index (χ3v) is 4.48. The van der Waals surface area contributed by atoms with Crippen LogP contribution in [0.4, 0.5) is 0 Å². The van der Waals surface area contributed by atoms with Gasteiger partial charge in [-0.15, -0.1) is 0 Å². The topological polar surface area (TPSA) is 79.2 Å². The van der Waals surface area contributed by atoms with E-state index in [0.29, 0.717) is 25.5 Å². The molecule has 0 radical (unpaired) electrons. The molecule has 1 atom stereocenters. The first-order chi connectivity index (χ1) is 13.1. The number of aliphatic carboxylic acids is 1. The van der Waals surface area contributed by atoms with Crippen molar-refractivity contribution in [2.24, 2.45) is 0 Å². The summed E-state index contributed by atoms with van der Waals surface area (Å²) in [6.45, 7) is 3.79. The van der Waals surface area contributed by atoms with E-state index in [-0.39, 0.29) is 13.0 Å². The van der Waals surface area contributed by atoms with Gasteiger partial charge in [-0.2, -0.15) is 0 Å². The molecule has 0 saturated carbocycles. The molecule has 2 aromatic carbocycles. The average Bonchev–Trinajstić information content (AvgIpc) is 2.67. The summed E-state index contributed by atoms with van der Waals surface area (Å²) in [5, 5.41) is 19.3. The van der Waals surface area contributed by atoms with Gasteiger partial charge in [0.25, 0.3) is 0 Å². The Morgan fingerprint density at radius 1 is 1.15 bits per heavy atom. The van der Waals surface area contributed by atoms with Crippen LogP contribution >= 0.6 is 0 Å². The zero-order valence-electron chi connectivity index (χ0n) is 15.2. The normalized spacial score (nSPS) is 16.0. The van der Waals surface area contributed by atoms with E-state index < -0.39 is 12.1 Å². The van der Waals surface area contributed by atoms with Gasteiger partial charge < -0.3 is 19.7 Å². The number of aliphatic hydroxyl groups excluding tert-OH is 1. The minimum Gasteiger partial charge on any atom is -0.490 e. The predicted octanol–water partition coefficient (Wildman–Crippen LogP) is 2.05. The second kappa shape index (κ2) is 9.50. The molecule has 1 aliphatic rings. The molecule has 1 saturated heterocycles. The van der Waals surface area contributed by atoms with Gasteiger partial charge in [-0.3, -0.25) is 9.69 Å². The number of benzene rings is 2. The molecule has 144 valence electrons. The van der Waals surface area contributed by atoms with Crippen LogP contribution in [-0.2, 0) is 16.0 Å². The van der Waals surface area contributed by atoms with Gasteiger partial charge in [0, 0.05) is 25.2 Å². The van der Waals surface area contributed by atoms with Crippen molar-refractivity contribution in [3.05, 3.63) is 54.1 Å². The van der Waals surface area contributed by atoms with Crippen LogP contribution in [-0.4, -0.2) is 66.6 Å². The van der Waals surface area contributed by atoms with Crippen LogP contribution in [0.25, 0.3) is 11.1 Å². The van der Waals surface area contributed by atoms with E-state index in [0.717, 1.165) is 29.8 Å². The zero-order chi connectivity index (χ0) is 19.1. The highest BCUT2D eigenvalue weighted by atomic mass is 16.5. The number of morpholine rings is 1. The Hall–Kier alpha value is -2.41. The van der Waals surface area contributed by atoms with Crippen LogP contribution in [0.15, 0.2) is 48.5 Å². The molecule has 2 aromatic rings. The third-order valence-electron chi connectivity index (χ3n) is 4.48. The lowest BCUT2D eigenvalue weighted by Gasteiger charge is -2.28. The lowest BCUT2D eigenvalue weighted by atomic mass is 10.0. The van der Waals surface area contributed by atoms with Gasteiger partial charge in [-0.25, -0.2) is 0 Å². The number of carboxylic acids is 1. The van der Waals surface area contributed by atoms with Crippen molar-refractivity contribution >= 4 is 5.97 Å². The largest absolute Gasteiger partial charge is 0.490 e. The second-order valence-corrected chi connectivity index (χ2v) is 6.64. The summed E-state index contributed by atoms with van der Waals surface area (Å²) in [4.78, 5) is 13.1. The van der Waals surface area contributed by atoms with Crippen molar-refractivity contribution in [2.75, 3.05) is 39.5 Å². The van der Waals surface area contributed by atoms with Crippen molar-refractivity contribution in [3.63, 3.8) is 0 Å². The molecule has 0 bridgehead atoms. The number of hydrogen-bond acceptors (Lipinski definition) is 5. The molecule has 3 rings (SSSR count). The highest BCUT2D eigenvalue weighted by Crippen LogP contribution is 2.30. The van der Waals surface area contributed by atoms with Gasteiger partial charge >= 0.3 is 5.97 Å². The minimum atomic E-state index is -0.858. The number of β-amino-alcohol motifs (C(OH)–C–C–N with tert-alkyl or cyclic N) is 1. The summed E-state index contributed by atoms with van der Waals surface area (Å²) in [6, 6.07) is 15.0. The van der Waals surface area contributed by atoms with E-state index in [1.165, 1.54) is 0 Å². The van der Waals surface area contributed by atoms with Crippen LogP contribution < -0.4 is 4.74 Å². The Balaban J connectivity index is 1.66. The van der Waals surface area contributed by atoms with E-state index in [2.05, 4.69) is 4.90 Å². The minimum absolute atomic E-state index is 0.0187. The van der Waals surface area contributed by atoms with E-state index in [4.69, 9.17) is 14.6 Å². The first-order valence-corrected chi connectivity index (χ1v) is 9.13. The van der Waals surface area contributed by atoms with Gasteiger partial charge in [-0.05, 0) is 17.2 Å². The molecule has 1 aliphatic heterocycles. The quantitative estimate of drug-likeness (QED) is 0.739. The molecule has 2 N–H and O–H groups in total. The summed E-state index contributed by atoms with van der Waals surface area (Å²) in [5.74, 6) is -0.186. The molecule has 27 heavy (non-hydrogen) atoms. The summed E-state index contributed by atoms with van der Waals surface area (Å²) in [7, 11) is 0. The number of rotatable bonds is 8. The van der Waals surface area contributed by atoms with E-state index in [1.807, 2.05) is 42.5 Å². The van der Waals surface area contributed by atoms with Crippen LogP contribution in [0.5, 0.6) is 5.75 Å². The number of carbonyl (C=O) groups is 1. The number of nitrogens with zero attached hydrogens (tertiary/aromatic N) is 1. The maximum absolute atomic E-state index is 11.0. The number of hydrogen-bond donors (Lipinski definition) is 2. The maximum Gasteiger partial charge on any atom is 0.307 e. The molecule has 1 unspecified atom stereocenters. The summed E-state index contributed by atoms with van der Waals surface area (Å²) < 4.78 is 11.2. The molecule has 0 spiro atoms. The average molecular weight is 371 g/mol. The van der Waals surface area contributed by atoms with Crippen LogP contribution in [0.3, 0.4) is 0 Å². The van der Waals surface area contributed by atoms with E-state index in [9.17, 15) is 9.90 Å². The molecule has 0 aromatic heterocycles. The lowest BCUT2D eigenvalue weighted by molar-refractivity contribution is -0.136. The standard InChI is InChI=1S/C21H25NO5/c23-18(14-22-8-10-26-11-9-22)15-27-20-7-2-1-6-19(20)17-5-3-4-16(12-17)13-21(24)25/h1-7,12,18,23H,8-11,13-15H2,(H,24,25). The first kappa shape index (κ1) is 19.4. The molecule has 0 aliphatic carbocycles. The van der Waals surface area contributed by atoms with Gasteiger partial charge in [0.15, 0.2) is 0 Å². The van der Waals surface area contributed by atoms with Crippen molar-refractivity contribution in [2.45, 2.75) is 12.5 Å². The molecule has 1 fully saturated rings. The number of ether oxygens (including phenoxy) is 2. The van der Waals surface area contributed by atoms with Gasteiger partial charge in [-0.1, -0.05) is 42.5 Å². The molecule has 0 amide bonds. The van der Waals surface area contributed by atoms with Gasteiger partial charge in [0.05, 0.1) is 19.6 Å². The van der Waals surface area contributed by atoms with Crippen LogP contribution in [0.2, 0.25) is 0 Å². The van der Waals surface area contributed by atoms with Crippen molar-refractivity contribution in [1.82, 2.24) is 4.90 Å². The monoisotopic (exact) mass is 371 g/mol. The Kier molecular flexibility index (Phi) is 6.81. The lowest BCUT2D eigenvalue weighted by Crippen LogP contribution is -2.42. The fourth-order valence-electron chi connectivity index (χ4n) is 3.17. The third kappa shape index (κ3) is 5.79. The molecule has 1 heterocycles. The SMILES string of the molecule is O=C(O)Cc1cccc(-c2ccccc2OCC(O)CN2CCOCC2)c1. The van der Waals surface area contributed by atoms with Crippen LogP contribution in [0, 0.1) is 0 Å². The fraction of sp³-hybridized carbons (Fsp3) is 0.381. The fourth-order valence-corrected chi connectivity index (χ4v) is 3.17. The molecular weight excluding hydrogens is 346 g/mol. The van der Waals surface area contributed by atoms with E-state index >= 15 is 0 Å². The number of para-hydroxylation sites is 1. The number of aliphatic hydroxyl groups is 1. The molecule has 6 nitrogen and oxygen atoms in total. The Bertz CT molecular complexity index is 758. The number of carboxylic acid groups (broad SMARTS) is 1. The summed E-state index contributed by atoms with van der Waals surface area (Å²) >= 11 is 0. The molecular formula is C21H25NO5. The van der Waals surface area contributed by atoms with E-state index in [1.54, 1.807) is 6.07 Å². The highest BCUT2D eigenvalue weighted by Gasteiger charge is 2.16. The Labute approximate surface area is 159 Å². The Morgan fingerprint density at radius 3 is 2.70 bits per heavy atom. The maximum atomic E-state index is 11.0. The highest BCUT2D eigenvalue weighted by molar-refractivity contribution is 5.74. The van der Waals surface area contributed by atoms with Gasteiger partial charge in [0.1, 0.15) is 18.5 Å². The summed E-state index contributed by atoms with van der Waals surface area (Å²) in [5.41, 5.74) is 2.51. The molecule has 6 heteroatoms. The first-order valence-electron chi connectivity index (χ1n) is 9.13. The van der Waals surface area contributed by atoms with Crippen molar-refractivity contribution < 1.29 is 24.5 Å². The Morgan fingerprint density at radius 2 is 1.93 bits per heavy atom. The smallest absolute Gasteiger partial charge is 0.307 e. The summed E-state index contributed by atoms with van der Waals surface area (Å²) in [6.07, 6.45) is -0.607. The zero-order valence-corrected chi connectivity index (χ0v) is 15.2. The predicted molar refractivity (Wildman–Crippen MR) is 102 cm³/mol. The van der Waals surface area contributed by atoms with Crippen molar-refractivity contribution in [3.8, 4) is 16.9 Å². The van der Waals surface area contributed by atoms with Crippen LogP contribution in [0.1, 0.15) is 5.56 Å². The van der Waals surface area contributed by atoms with Gasteiger partial charge in [0.2, 0.25) is 0 Å². The van der Waals surface area contributed by atoms with Crippen molar-refractivity contribution in [1.29, 1.82) is 0 Å².